The van der Waals surface area contributed by atoms with E-state index in [1.807, 2.05) is 0 Å². The number of allylic oxidation sites excluding steroid dienone is 2. The van der Waals surface area contributed by atoms with Gasteiger partial charge in [-0.15, -0.1) is 0 Å². The molecule has 2 aliphatic carbocycles. The lowest BCUT2D eigenvalue weighted by Gasteiger charge is -2.25. The van der Waals surface area contributed by atoms with Gasteiger partial charge in [-0.3, -0.25) is 0 Å². The highest BCUT2D eigenvalue weighted by atomic mass is 15.0. The summed E-state index contributed by atoms with van der Waals surface area (Å²) in [6.07, 6.45) is 8.83. The summed E-state index contributed by atoms with van der Waals surface area (Å²) in [7, 11) is 0. The van der Waals surface area contributed by atoms with Crippen molar-refractivity contribution in [3.63, 3.8) is 0 Å². The molecule has 4 aromatic carbocycles. The molecule has 0 aliphatic heterocycles. The summed E-state index contributed by atoms with van der Waals surface area (Å²) in [5.41, 5.74) is 19.6. The summed E-state index contributed by atoms with van der Waals surface area (Å²) >= 11 is 0. The zero-order valence-electron chi connectivity index (χ0n) is 16.3. The Morgan fingerprint density at radius 1 is 0.690 bits per heavy atom. The van der Waals surface area contributed by atoms with Crippen molar-refractivity contribution in [3.05, 3.63) is 95.1 Å². The number of benzene rings is 4. The van der Waals surface area contributed by atoms with Gasteiger partial charge in [0.25, 0.3) is 0 Å². The van der Waals surface area contributed by atoms with E-state index in [0.29, 0.717) is 5.92 Å². The van der Waals surface area contributed by atoms with Crippen LogP contribution in [0.4, 0.5) is 0 Å². The van der Waals surface area contributed by atoms with Gasteiger partial charge in [-0.1, -0.05) is 91.9 Å². The minimum Gasteiger partial charge on any atom is -0.306 e. The molecular formula is C27H22N2. The number of hydrogen-bond acceptors (Lipinski definition) is 2. The van der Waals surface area contributed by atoms with E-state index in [0.717, 1.165) is 27.6 Å². The number of rotatable bonds is 0. The summed E-state index contributed by atoms with van der Waals surface area (Å²) < 4.78 is 0. The molecule has 0 fully saturated rings. The average molecular weight is 374 g/mol. The standard InChI is InChI=1S/C27H22N2/c1-16-10-12-17-13-15-23-24-21-8-4-2-6-19(21)20-7-3-5-9-22(20)26(24)27(28,29)25(23)18(17)14-11-16/h2-16H,28-29H2,1H3. The second kappa shape index (κ2) is 5.66. The van der Waals surface area contributed by atoms with E-state index in [4.69, 9.17) is 11.5 Å². The fourth-order valence-electron chi connectivity index (χ4n) is 5.16. The molecule has 1 unspecified atom stereocenters. The molecule has 2 nitrogen and oxygen atoms in total. The molecule has 2 aliphatic rings. The highest BCUT2D eigenvalue weighted by molar-refractivity contribution is 6.18. The van der Waals surface area contributed by atoms with Crippen LogP contribution in [0.3, 0.4) is 0 Å². The van der Waals surface area contributed by atoms with Crippen LogP contribution in [-0.4, -0.2) is 0 Å². The normalized spacial score (nSPS) is 18.5. The molecule has 1 atom stereocenters. The quantitative estimate of drug-likeness (QED) is 0.303. The van der Waals surface area contributed by atoms with Crippen LogP contribution in [0.2, 0.25) is 0 Å². The lowest BCUT2D eigenvalue weighted by molar-refractivity contribution is 0.588. The van der Waals surface area contributed by atoms with Crippen molar-refractivity contribution in [2.24, 2.45) is 17.4 Å². The van der Waals surface area contributed by atoms with Crippen molar-refractivity contribution in [1.29, 1.82) is 0 Å². The van der Waals surface area contributed by atoms with Crippen LogP contribution in [-0.2, 0) is 5.66 Å². The molecule has 0 aromatic heterocycles. The van der Waals surface area contributed by atoms with Gasteiger partial charge in [0.1, 0.15) is 5.66 Å². The van der Waals surface area contributed by atoms with Gasteiger partial charge in [-0.05, 0) is 49.7 Å². The summed E-state index contributed by atoms with van der Waals surface area (Å²) in [4.78, 5) is 0. The minimum absolute atomic E-state index is 0.383. The summed E-state index contributed by atoms with van der Waals surface area (Å²) in [5, 5.41) is 4.79. The first-order chi connectivity index (χ1) is 14.1. The van der Waals surface area contributed by atoms with Gasteiger partial charge < -0.3 is 11.5 Å². The maximum Gasteiger partial charge on any atom is 0.119 e. The van der Waals surface area contributed by atoms with Crippen molar-refractivity contribution in [2.45, 2.75) is 12.6 Å². The van der Waals surface area contributed by atoms with Gasteiger partial charge in [0.15, 0.2) is 0 Å². The van der Waals surface area contributed by atoms with Gasteiger partial charge >= 0.3 is 0 Å². The molecule has 4 N–H and O–H groups in total. The lowest BCUT2D eigenvalue weighted by Crippen LogP contribution is -2.46. The average Bonchev–Trinajstić information content (AvgIpc) is 2.85. The molecular weight excluding hydrogens is 352 g/mol. The molecule has 0 amide bonds. The number of fused-ring (bicyclic) bond motifs is 10. The van der Waals surface area contributed by atoms with Crippen LogP contribution in [0.5, 0.6) is 0 Å². The van der Waals surface area contributed by atoms with Crippen LogP contribution in [0.25, 0.3) is 44.8 Å². The van der Waals surface area contributed by atoms with Gasteiger partial charge in [-0.25, -0.2) is 0 Å². The highest BCUT2D eigenvalue weighted by Crippen LogP contribution is 2.52. The predicted molar refractivity (Wildman–Crippen MR) is 123 cm³/mol. The molecule has 0 saturated carbocycles. The second-order valence-corrected chi connectivity index (χ2v) is 8.28. The third-order valence-corrected chi connectivity index (χ3v) is 6.45. The van der Waals surface area contributed by atoms with Crippen molar-refractivity contribution in [1.82, 2.24) is 0 Å². The van der Waals surface area contributed by atoms with Crippen molar-refractivity contribution in [2.75, 3.05) is 0 Å². The summed E-state index contributed by atoms with van der Waals surface area (Å²) in [5.74, 6) is 0.383. The van der Waals surface area contributed by atoms with Crippen LogP contribution < -0.4 is 11.5 Å². The predicted octanol–water partition coefficient (Wildman–Crippen LogP) is 5.77. The fraction of sp³-hybridized carbons (Fsp3) is 0.111. The van der Waals surface area contributed by atoms with Crippen molar-refractivity contribution < 1.29 is 0 Å². The molecule has 0 saturated heterocycles. The van der Waals surface area contributed by atoms with E-state index in [9.17, 15) is 0 Å². The monoisotopic (exact) mass is 374 g/mol. The Kier molecular flexibility index (Phi) is 3.27. The Hall–Kier alpha value is -3.20. The van der Waals surface area contributed by atoms with Gasteiger partial charge in [-0.2, -0.15) is 0 Å². The summed E-state index contributed by atoms with van der Waals surface area (Å²) in [6, 6.07) is 21.4. The minimum atomic E-state index is -1.05. The fourth-order valence-corrected chi connectivity index (χ4v) is 5.16. The Balaban J connectivity index is 1.83. The van der Waals surface area contributed by atoms with E-state index in [1.54, 1.807) is 0 Å². The zero-order valence-corrected chi connectivity index (χ0v) is 16.3. The van der Waals surface area contributed by atoms with E-state index in [2.05, 4.69) is 91.9 Å². The third kappa shape index (κ3) is 2.13. The summed E-state index contributed by atoms with van der Waals surface area (Å²) in [6.45, 7) is 2.19. The molecule has 0 radical (unpaired) electrons. The Bertz CT molecular complexity index is 1390. The van der Waals surface area contributed by atoms with Gasteiger partial charge in [0.2, 0.25) is 0 Å². The van der Waals surface area contributed by atoms with Crippen LogP contribution >= 0.6 is 0 Å². The third-order valence-electron chi connectivity index (χ3n) is 6.45. The highest BCUT2D eigenvalue weighted by Gasteiger charge is 2.41. The van der Waals surface area contributed by atoms with Gasteiger partial charge in [0, 0.05) is 11.1 Å². The lowest BCUT2D eigenvalue weighted by atomic mass is 9.88. The van der Waals surface area contributed by atoms with Crippen molar-refractivity contribution >= 4 is 33.7 Å². The van der Waals surface area contributed by atoms with Gasteiger partial charge in [0.05, 0.1) is 0 Å². The van der Waals surface area contributed by atoms with Crippen LogP contribution in [0.1, 0.15) is 29.2 Å². The van der Waals surface area contributed by atoms with E-state index < -0.39 is 5.66 Å². The van der Waals surface area contributed by atoms with Crippen LogP contribution in [0.15, 0.2) is 72.8 Å². The molecule has 4 aromatic rings. The van der Waals surface area contributed by atoms with Crippen molar-refractivity contribution in [3.8, 4) is 11.1 Å². The molecule has 0 spiro atoms. The molecule has 0 heterocycles. The van der Waals surface area contributed by atoms with Crippen LogP contribution in [0, 0.1) is 5.92 Å². The molecule has 6 rings (SSSR count). The maximum absolute atomic E-state index is 6.99. The van der Waals surface area contributed by atoms with E-state index >= 15 is 0 Å². The Morgan fingerprint density at radius 3 is 2.07 bits per heavy atom. The largest absolute Gasteiger partial charge is 0.306 e. The SMILES string of the molecule is CC1C=Cc2ccc3c(c2C=C1)C(N)(N)c1c-3c2ccccc2c2ccccc12. The first kappa shape index (κ1) is 16.7. The smallest absolute Gasteiger partial charge is 0.119 e. The Morgan fingerprint density at radius 2 is 1.31 bits per heavy atom. The molecule has 29 heavy (non-hydrogen) atoms. The topological polar surface area (TPSA) is 52.0 Å². The second-order valence-electron chi connectivity index (χ2n) is 8.28. The Labute approximate surface area is 170 Å². The molecule has 2 heteroatoms. The molecule has 140 valence electrons. The van der Waals surface area contributed by atoms with E-state index in [-0.39, 0.29) is 0 Å². The number of nitrogens with two attached hydrogens (primary N) is 2. The molecule has 0 bridgehead atoms. The zero-order chi connectivity index (χ0) is 19.8. The first-order valence-electron chi connectivity index (χ1n) is 10.1. The maximum atomic E-state index is 6.99. The van der Waals surface area contributed by atoms with E-state index in [1.165, 1.54) is 27.3 Å². The first-order valence-corrected chi connectivity index (χ1v) is 10.1. The number of hydrogen-bond donors (Lipinski definition) is 2.